The van der Waals surface area contributed by atoms with Gasteiger partial charge in [-0.3, -0.25) is 11.3 Å². The van der Waals surface area contributed by atoms with Crippen LogP contribution in [-0.2, 0) is 6.42 Å². The average Bonchev–Trinajstić information content (AvgIpc) is 2.47. The lowest BCUT2D eigenvalue weighted by atomic mass is 10.00. The average molecular weight is 280 g/mol. The lowest BCUT2D eigenvalue weighted by Crippen LogP contribution is -2.36. The Morgan fingerprint density at radius 3 is 2.20 bits per heavy atom. The number of rotatable bonds is 11. The van der Waals surface area contributed by atoms with Gasteiger partial charge in [0.1, 0.15) is 5.82 Å². The molecule has 0 aliphatic carbocycles. The van der Waals surface area contributed by atoms with Crippen molar-refractivity contribution in [3.8, 4) is 0 Å². The van der Waals surface area contributed by atoms with Crippen LogP contribution in [0.1, 0.15) is 63.9 Å². The fourth-order valence-corrected chi connectivity index (χ4v) is 2.50. The van der Waals surface area contributed by atoms with Gasteiger partial charge in [-0.15, -0.1) is 0 Å². The number of nitrogens with two attached hydrogens (primary N) is 1. The Hall–Kier alpha value is -0.930. The third-order valence-electron chi connectivity index (χ3n) is 3.79. The summed E-state index contributed by atoms with van der Waals surface area (Å²) in [7, 11) is 0. The fraction of sp³-hybridized carbons (Fsp3) is 0.647. The first-order valence-corrected chi connectivity index (χ1v) is 7.96. The summed E-state index contributed by atoms with van der Waals surface area (Å²) in [5.74, 6) is 5.42. The standard InChI is InChI=1S/C17H29FN2/c1-2-3-4-5-6-7-8-9-17(20-19)14-15-10-12-16(18)13-11-15/h10-13,17,20H,2-9,14,19H2,1H3. The number of halogens is 1. The van der Waals surface area contributed by atoms with Crippen LogP contribution in [0, 0.1) is 5.82 Å². The Bertz CT molecular complexity index is 337. The Morgan fingerprint density at radius 2 is 1.60 bits per heavy atom. The predicted octanol–water partition coefficient (Wildman–Crippen LogP) is 4.34. The van der Waals surface area contributed by atoms with Crippen LogP contribution in [0.5, 0.6) is 0 Å². The maximum Gasteiger partial charge on any atom is 0.123 e. The summed E-state index contributed by atoms with van der Waals surface area (Å²) in [6.07, 6.45) is 11.2. The minimum absolute atomic E-state index is 0.182. The van der Waals surface area contributed by atoms with E-state index >= 15 is 0 Å². The first-order valence-electron chi connectivity index (χ1n) is 7.96. The van der Waals surface area contributed by atoms with Crippen molar-refractivity contribution >= 4 is 0 Å². The van der Waals surface area contributed by atoms with Gasteiger partial charge in [0.15, 0.2) is 0 Å². The van der Waals surface area contributed by atoms with Crippen LogP contribution in [0.4, 0.5) is 4.39 Å². The van der Waals surface area contributed by atoms with Gasteiger partial charge in [0.2, 0.25) is 0 Å². The summed E-state index contributed by atoms with van der Waals surface area (Å²) < 4.78 is 12.8. The van der Waals surface area contributed by atoms with Gasteiger partial charge in [0, 0.05) is 6.04 Å². The highest BCUT2D eigenvalue weighted by molar-refractivity contribution is 5.17. The summed E-state index contributed by atoms with van der Waals surface area (Å²) in [6, 6.07) is 6.98. The van der Waals surface area contributed by atoms with Gasteiger partial charge in [0.25, 0.3) is 0 Å². The summed E-state index contributed by atoms with van der Waals surface area (Å²) in [4.78, 5) is 0. The minimum Gasteiger partial charge on any atom is -0.271 e. The topological polar surface area (TPSA) is 38.0 Å². The first-order chi connectivity index (χ1) is 9.76. The van der Waals surface area contributed by atoms with Crippen LogP contribution in [0.15, 0.2) is 24.3 Å². The first kappa shape index (κ1) is 17.1. The molecular formula is C17H29FN2. The molecule has 1 aromatic carbocycles. The van der Waals surface area contributed by atoms with Crippen LogP contribution < -0.4 is 11.3 Å². The smallest absolute Gasteiger partial charge is 0.123 e. The van der Waals surface area contributed by atoms with Crippen molar-refractivity contribution in [2.24, 2.45) is 5.84 Å². The third kappa shape index (κ3) is 7.61. The van der Waals surface area contributed by atoms with E-state index in [4.69, 9.17) is 5.84 Å². The normalized spacial score (nSPS) is 12.6. The van der Waals surface area contributed by atoms with E-state index in [-0.39, 0.29) is 11.9 Å². The molecule has 2 nitrogen and oxygen atoms in total. The van der Waals surface area contributed by atoms with Crippen molar-refractivity contribution in [2.75, 3.05) is 0 Å². The van der Waals surface area contributed by atoms with Crippen molar-refractivity contribution in [3.63, 3.8) is 0 Å². The number of nitrogens with one attached hydrogen (secondary N) is 1. The highest BCUT2D eigenvalue weighted by Crippen LogP contribution is 2.12. The lowest BCUT2D eigenvalue weighted by molar-refractivity contribution is 0.458. The zero-order valence-electron chi connectivity index (χ0n) is 12.7. The van der Waals surface area contributed by atoms with Crippen LogP contribution in [0.2, 0.25) is 0 Å². The largest absolute Gasteiger partial charge is 0.271 e. The molecule has 0 bridgehead atoms. The molecule has 0 saturated heterocycles. The fourth-order valence-electron chi connectivity index (χ4n) is 2.50. The van der Waals surface area contributed by atoms with E-state index in [1.54, 1.807) is 0 Å². The molecule has 0 saturated carbocycles. The van der Waals surface area contributed by atoms with Crippen LogP contribution in [0.3, 0.4) is 0 Å². The van der Waals surface area contributed by atoms with Crippen LogP contribution >= 0.6 is 0 Å². The SMILES string of the molecule is CCCCCCCCCC(Cc1ccc(F)cc1)NN. The summed E-state index contributed by atoms with van der Waals surface area (Å²) in [5.41, 5.74) is 4.02. The number of hydrogen-bond acceptors (Lipinski definition) is 2. The van der Waals surface area contributed by atoms with E-state index in [0.29, 0.717) is 0 Å². The predicted molar refractivity (Wildman–Crippen MR) is 83.8 cm³/mol. The van der Waals surface area contributed by atoms with Gasteiger partial charge in [-0.25, -0.2) is 4.39 Å². The molecule has 0 amide bonds. The molecule has 1 rings (SSSR count). The molecule has 1 aromatic rings. The highest BCUT2D eigenvalue weighted by Gasteiger charge is 2.07. The Labute approximate surface area is 122 Å². The molecule has 1 unspecified atom stereocenters. The zero-order valence-corrected chi connectivity index (χ0v) is 12.7. The second-order valence-corrected chi connectivity index (χ2v) is 5.60. The van der Waals surface area contributed by atoms with E-state index in [2.05, 4.69) is 12.3 Å². The molecule has 0 aliphatic heterocycles. The van der Waals surface area contributed by atoms with Crippen molar-refractivity contribution in [3.05, 3.63) is 35.6 Å². The van der Waals surface area contributed by atoms with Crippen molar-refractivity contribution in [2.45, 2.75) is 70.8 Å². The lowest BCUT2D eigenvalue weighted by Gasteiger charge is -2.15. The molecule has 1 atom stereocenters. The molecule has 0 aromatic heterocycles. The minimum atomic E-state index is -0.182. The molecule has 0 fully saturated rings. The molecular weight excluding hydrogens is 251 g/mol. The van der Waals surface area contributed by atoms with Crippen molar-refractivity contribution in [1.29, 1.82) is 0 Å². The van der Waals surface area contributed by atoms with Gasteiger partial charge < -0.3 is 0 Å². The molecule has 114 valence electrons. The summed E-state index contributed by atoms with van der Waals surface area (Å²) in [6.45, 7) is 2.24. The second-order valence-electron chi connectivity index (χ2n) is 5.60. The summed E-state index contributed by atoms with van der Waals surface area (Å²) >= 11 is 0. The monoisotopic (exact) mass is 280 g/mol. The molecule has 0 radical (unpaired) electrons. The second kappa shape index (κ2) is 10.8. The number of hydrogen-bond donors (Lipinski definition) is 2. The molecule has 3 heteroatoms. The molecule has 3 N–H and O–H groups in total. The van der Waals surface area contributed by atoms with Crippen molar-refractivity contribution in [1.82, 2.24) is 5.43 Å². The summed E-state index contributed by atoms with van der Waals surface area (Å²) in [5, 5.41) is 0. The Morgan fingerprint density at radius 1 is 1.00 bits per heavy atom. The van der Waals surface area contributed by atoms with Gasteiger partial charge in [-0.05, 0) is 30.5 Å². The number of hydrazine groups is 1. The van der Waals surface area contributed by atoms with E-state index in [0.717, 1.165) is 18.4 Å². The van der Waals surface area contributed by atoms with E-state index in [1.165, 1.54) is 57.1 Å². The van der Waals surface area contributed by atoms with Gasteiger partial charge in [0.05, 0.1) is 0 Å². The van der Waals surface area contributed by atoms with Crippen LogP contribution in [0.25, 0.3) is 0 Å². The van der Waals surface area contributed by atoms with E-state index in [9.17, 15) is 4.39 Å². The van der Waals surface area contributed by atoms with Gasteiger partial charge >= 0.3 is 0 Å². The van der Waals surface area contributed by atoms with E-state index in [1.807, 2.05) is 12.1 Å². The maximum absolute atomic E-state index is 12.8. The van der Waals surface area contributed by atoms with E-state index < -0.39 is 0 Å². The highest BCUT2D eigenvalue weighted by atomic mass is 19.1. The Kier molecular flexibility index (Phi) is 9.25. The van der Waals surface area contributed by atoms with Gasteiger partial charge in [-0.2, -0.15) is 0 Å². The number of unbranched alkanes of at least 4 members (excludes halogenated alkanes) is 6. The third-order valence-corrected chi connectivity index (χ3v) is 3.79. The molecule has 0 heterocycles. The van der Waals surface area contributed by atoms with Gasteiger partial charge in [-0.1, -0.05) is 64.0 Å². The Balaban J connectivity index is 2.14. The molecule has 20 heavy (non-hydrogen) atoms. The zero-order chi connectivity index (χ0) is 14.6. The molecule has 0 spiro atoms. The quantitative estimate of drug-likeness (QED) is 0.359. The van der Waals surface area contributed by atoms with Crippen molar-refractivity contribution < 1.29 is 4.39 Å². The number of benzene rings is 1. The molecule has 0 aliphatic rings. The maximum atomic E-state index is 12.8. The van der Waals surface area contributed by atoms with Crippen LogP contribution in [-0.4, -0.2) is 6.04 Å².